The lowest BCUT2D eigenvalue weighted by molar-refractivity contribution is 0.0992. The maximum Gasteiger partial charge on any atom is 0.262 e. The fourth-order valence-electron chi connectivity index (χ4n) is 4.95. The number of carbonyl (C=O) groups excluding carboxylic acids is 1. The zero-order chi connectivity index (χ0) is 25.7. The second-order valence-electron chi connectivity index (χ2n) is 9.06. The number of hydrogen-bond acceptors (Lipinski definition) is 6. The Labute approximate surface area is 214 Å². The lowest BCUT2D eigenvalue weighted by Crippen LogP contribution is -2.31. The molecule has 10 heteroatoms. The molecular weight excluding hydrogens is 478 g/mol. The third kappa shape index (κ3) is 3.71. The van der Waals surface area contributed by atoms with Crippen molar-refractivity contribution in [3.8, 4) is 17.1 Å². The maximum absolute atomic E-state index is 14.1. The summed E-state index contributed by atoms with van der Waals surface area (Å²) < 4.78 is 9.53. The van der Waals surface area contributed by atoms with Crippen molar-refractivity contribution in [2.75, 3.05) is 24.4 Å². The molecule has 1 unspecified atom stereocenters. The van der Waals surface area contributed by atoms with E-state index in [1.165, 1.54) is 0 Å². The van der Waals surface area contributed by atoms with Crippen molar-refractivity contribution in [1.82, 2.24) is 24.3 Å². The van der Waals surface area contributed by atoms with E-state index < -0.39 is 0 Å². The third-order valence-electron chi connectivity index (χ3n) is 6.42. The minimum absolute atomic E-state index is 0.0354. The molecule has 5 rings (SSSR count). The van der Waals surface area contributed by atoms with Crippen LogP contribution in [0.1, 0.15) is 53.2 Å². The van der Waals surface area contributed by atoms with Crippen LogP contribution in [0.15, 0.2) is 42.6 Å². The van der Waals surface area contributed by atoms with Crippen LogP contribution in [0.4, 0.5) is 11.8 Å². The summed E-state index contributed by atoms with van der Waals surface area (Å²) in [6.45, 7) is 6.11. The fourth-order valence-corrected chi connectivity index (χ4v) is 5.08. The summed E-state index contributed by atoms with van der Waals surface area (Å²) in [6.07, 6.45) is 1.73. The van der Waals surface area contributed by atoms with Crippen molar-refractivity contribution in [3.05, 3.63) is 70.1 Å². The largest absolute Gasteiger partial charge is 0.480 e. The van der Waals surface area contributed by atoms with Gasteiger partial charge in [0.15, 0.2) is 0 Å². The number of carbonyl (C=O) groups is 1. The molecule has 4 aromatic rings. The van der Waals surface area contributed by atoms with Gasteiger partial charge in [-0.3, -0.25) is 14.4 Å². The molecule has 1 aliphatic rings. The van der Waals surface area contributed by atoms with E-state index in [1.807, 2.05) is 55.3 Å². The monoisotopic (exact) mass is 505 g/mol. The molecule has 9 nitrogen and oxygen atoms in total. The van der Waals surface area contributed by atoms with Gasteiger partial charge in [0.2, 0.25) is 11.8 Å². The molecule has 0 aliphatic carbocycles. The summed E-state index contributed by atoms with van der Waals surface area (Å²) in [6, 6.07) is 11.1. The minimum Gasteiger partial charge on any atom is -0.480 e. The molecule has 0 fully saturated rings. The summed E-state index contributed by atoms with van der Waals surface area (Å²) in [4.78, 5) is 24.8. The molecule has 0 bridgehead atoms. The van der Waals surface area contributed by atoms with Gasteiger partial charge in [0.05, 0.1) is 35.3 Å². The zero-order valence-electron chi connectivity index (χ0n) is 21.1. The van der Waals surface area contributed by atoms with E-state index in [-0.39, 0.29) is 18.0 Å². The Hall–Kier alpha value is -3.85. The highest BCUT2D eigenvalue weighted by molar-refractivity contribution is 6.30. The standard InChI is InChI=1S/C26H28ClN7O2/c1-14(2)33-20(19-13-29-26(28-4)30-24(19)36-6)12-18-23(33)22(16-7-9-17(27)10-8-16)34(25(18)35)21-11-15(3)31-32(21)5/h7-14,22H,1-6H3,(H,28,29,30). The number of halogens is 1. The molecule has 0 spiro atoms. The van der Waals surface area contributed by atoms with Gasteiger partial charge in [-0.2, -0.15) is 10.1 Å². The summed E-state index contributed by atoms with van der Waals surface area (Å²) in [5.41, 5.74) is 4.84. The van der Waals surface area contributed by atoms with E-state index in [4.69, 9.17) is 16.3 Å². The number of benzene rings is 1. The Morgan fingerprint density at radius 3 is 2.44 bits per heavy atom. The lowest BCUT2D eigenvalue weighted by Gasteiger charge is -2.28. The van der Waals surface area contributed by atoms with Gasteiger partial charge in [0, 0.05) is 37.4 Å². The van der Waals surface area contributed by atoms with Crippen LogP contribution in [0.2, 0.25) is 5.02 Å². The van der Waals surface area contributed by atoms with Gasteiger partial charge in [0.1, 0.15) is 11.9 Å². The molecule has 1 aromatic carbocycles. The normalized spacial score (nSPS) is 15.1. The topological polar surface area (TPSA) is 90.1 Å². The van der Waals surface area contributed by atoms with E-state index >= 15 is 0 Å². The number of fused-ring (bicyclic) bond motifs is 1. The van der Waals surface area contributed by atoms with Gasteiger partial charge >= 0.3 is 0 Å². The molecule has 0 saturated carbocycles. The summed E-state index contributed by atoms with van der Waals surface area (Å²) in [5, 5.41) is 8.07. The van der Waals surface area contributed by atoms with Crippen LogP contribution in [0.3, 0.4) is 0 Å². The Balaban J connectivity index is 1.78. The molecule has 1 N–H and O–H groups in total. The lowest BCUT2D eigenvalue weighted by atomic mass is 10.0. The third-order valence-corrected chi connectivity index (χ3v) is 6.67. The Kier molecular flexibility index (Phi) is 5.96. The second-order valence-corrected chi connectivity index (χ2v) is 9.49. The maximum atomic E-state index is 14.1. The van der Waals surface area contributed by atoms with E-state index in [2.05, 4.69) is 38.8 Å². The highest BCUT2D eigenvalue weighted by Crippen LogP contribution is 2.47. The quantitative estimate of drug-likeness (QED) is 0.395. The SMILES string of the molecule is CNc1ncc(-c2cc3c(n2C(C)C)C(c2ccc(Cl)cc2)N(c2cc(C)nn2C)C3=O)c(OC)n1. The number of nitrogens with zero attached hydrogens (tertiary/aromatic N) is 6. The summed E-state index contributed by atoms with van der Waals surface area (Å²) in [7, 11) is 5.19. The number of nitrogens with one attached hydrogen (secondary N) is 1. The van der Waals surface area contributed by atoms with Gasteiger partial charge in [-0.15, -0.1) is 0 Å². The van der Waals surface area contributed by atoms with Gasteiger partial charge in [0.25, 0.3) is 5.91 Å². The Morgan fingerprint density at radius 2 is 1.86 bits per heavy atom. The number of rotatable bonds is 6. The van der Waals surface area contributed by atoms with Gasteiger partial charge in [-0.25, -0.2) is 4.98 Å². The fraction of sp³-hybridized carbons (Fsp3) is 0.308. The Morgan fingerprint density at radius 1 is 1.14 bits per heavy atom. The number of aryl methyl sites for hydroxylation is 2. The van der Waals surface area contributed by atoms with Gasteiger partial charge in [-0.1, -0.05) is 23.7 Å². The number of methoxy groups -OCH3 is 1. The van der Waals surface area contributed by atoms with E-state index in [0.29, 0.717) is 28.0 Å². The van der Waals surface area contributed by atoms with Crippen molar-refractivity contribution in [1.29, 1.82) is 0 Å². The van der Waals surface area contributed by atoms with Crippen molar-refractivity contribution in [2.45, 2.75) is 32.9 Å². The van der Waals surface area contributed by atoms with Crippen molar-refractivity contribution in [2.24, 2.45) is 7.05 Å². The van der Waals surface area contributed by atoms with Crippen LogP contribution in [0.5, 0.6) is 5.88 Å². The first kappa shape index (κ1) is 23.9. The van der Waals surface area contributed by atoms with Crippen LogP contribution >= 0.6 is 11.6 Å². The smallest absolute Gasteiger partial charge is 0.262 e. The van der Waals surface area contributed by atoms with Crippen LogP contribution in [-0.2, 0) is 7.05 Å². The number of hydrogen-bond donors (Lipinski definition) is 1. The molecular formula is C26H28ClN7O2. The van der Waals surface area contributed by atoms with Crippen molar-refractivity contribution in [3.63, 3.8) is 0 Å². The number of anilines is 2. The molecule has 1 amide bonds. The van der Waals surface area contributed by atoms with Crippen molar-refractivity contribution < 1.29 is 9.53 Å². The van der Waals surface area contributed by atoms with Crippen LogP contribution in [0, 0.1) is 6.92 Å². The molecule has 36 heavy (non-hydrogen) atoms. The van der Waals surface area contributed by atoms with Crippen LogP contribution in [-0.4, -0.2) is 44.4 Å². The number of aromatic nitrogens is 5. The predicted molar refractivity (Wildman–Crippen MR) is 140 cm³/mol. The highest BCUT2D eigenvalue weighted by atomic mass is 35.5. The summed E-state index contributed by atoms with van der Waals surface area (Å²) in [5.74, 6) is 1.52. The van der Waals surface area contributed by atoms with Gasteiger partial charge in [-0.05, 0) is 44.5 Å². The van der Waals surface area contributed by atoms with E-state index in [0.717, 1.165) is 28.5 Å². The first-order valence-corrected chi connectivity index (χ1v) is 12.1. The molecule has 1 aliphatic heterocycles. The highest BCUT2D eigenvalue weighted by Gasteiger charge is 2.44. The average molecular weight is 506 g/mol. The molecule has 1 atom stereocenters. The minimum atomic E-state index is -0.376. The van der Waals surface area contributed by atoms with Crippen LogP contribution in [0.25, 0.3) is 11.3 Å². The number of amides is 1. The second kappa shape index (κ2) is 8.98. The first-order chi connectivity index (χ1) is 17.2. The number of ether oxygens (including phenoxy) is 1. The predicted octanol–water partition coefficient (Wildman–Crippen LogP) is 5.02. The molecule has 0 radical (unpaired) electrons. The molecule has 0 saturated heterocycles. The first-order valence-electron chi connectivity index (χ1n) is 11.7. The molecule has 3 aromatic heterocycles. The molecule has 186 valence electrons. The van der Waals surface area contributed by atoms with Crippen molar-refractivity contribution >= 4 is 29.3 Å². The van der Waals surface area contributed by atoms with Gasteiger partial charge < -0.3 is 14.6 Å². The summed E-state index contributed by atoms with van der Waals surface area (Å²) >= 11 is 6.22. The Bertz CT molecular complexity index is 1460. The van der Waals surface area contributed by atoms with E-state index in [1.54, 1.807) is 25.0 Å². The van der Waals surface area contributed by atoms with E-state index in [9.17, 15) is 4.79 Å². The zero-order valence-corrected chi connectivity index (χ0v) is 21.8. The average Bonchev–Trinajstić information content (AvgIpc) is 3.49. The van der Waals surface area contributed by atoms with Crippen LogP contribution < -0.4 is 15.0 Å². The molecule has 4 heterocycles.